The van der Waals surface area contributed by atoms with Gasteiger partial charge in [-0.15, -0.1) is 0 Å². The molecule has 4 heteroatoms. The molecular weight excluding hydrogens is 707 g/mol. The lowest BCUT2D eigenvalue weighted by Gasteiger charge is -2.13. The van der Waals surface area contributed by atoms with E-state index in [0.29, 0.717) is 5.82 Å². The molecule has 4 nitrogen and oxygen atoms in total. The first-order chi connectivity index (χ1) is 28.7. The van der Waals surface area contributed by atoms with Crippen LogP contribution in [0.4, 0.5) is 0 Å². The third-order valence-electron chi connectivity index (χ3n) is 11.6. The smallest absolute Gasteiger partial charge is 0.161 e. The second kappa shape index (κ2) is 12.9. The first-order valence-electron chi connectivity index (χ1n) is 19.6. The first kappa shape index (κ1) is 32.4. The van der Waals surface area contributed by atoms with Crippen molar-refractivity contribution in [1.29, 1.82) is 0 Å². The van der Waals surface area contributed by atoms with Crippen LogP contribution in [0.2, 0.25) is 0 Å². The summed E-state index contributed by atoms with van der Waals surface area (Å²) in [6.07, 6.45) is 0. The molecule has 58 heavy (non-hydrogen) atoms. The SMILES string of the molecule is c1ccc(-c2cc(-c3nc(-c4ccc5ccccc5c4)cc(-c4ccc5ccccc5c4)n3)c3c(c2)oc2c(-n4c5ccccc5c5ccccc54)cccc23)cc1. The van der Waals surface area contributed by atoms with Gasteiger partial charge in [0.1, 0.15) is 5.58 Å². The fourth-order valence-corrected chi connectivity index (χ4v) is 8.81. The molecule has 0 spiro atoms. The minimum Gasteiger partial charge on any atom is -0.454 e. The fraction of sp³-hybridized carbons (Fsp3) is 0. The van der Waals surface area contributed by atoms with Gasteiger partial charge in [0.2, 0.25) is 0 Å². The molecule has 0 amide bonds. The number of benzene rings is 9. The van der Waals surface area contributed by atoms with E-state index >= 15 is 0 Å². The van der Waals surface area contributed by atoms with Crippen LogP contribution in [0.1, 0.15) is 0 Å². The number of furan rings is 1. The average molecular weight is 740 g/mol. The lowest BCUT2D eigenvalue weighted by molar-refractivity contribution is 0.666. The summed E-state index contributed by atoms with van der Waals surface area (Å²) < 4.78 is 9.41. The number of hydrogen-bond donors (Lipinski definition) is 0. The highest BCUT2D eigenvalue weighted by Crippen LogP contribution is 2.43. The van der Waals surface area contributed by atoms with Crippen LogP contribution in [-0.4, -0.2) is 14.5 Å². The van der Waals surface area contributed by atoms with Crippen LogP contribution < -0.4 is 0 Å². The standard InChI is InChI=1S/C54H33N3O/c1-2-13-34(14-3-1)41-31-45(52-44-21-12-24-50(53(44)58-51(52)32-41)57-48-22-10-8-19-42(48)43-20-9-11-23-49(43)57)54-55-46(39-27-25-35-15-4-6-17-37(35)29-39)33-47(56-54)40-28-26-36-16-5-7-18-38(36)30-40/h1-33H. The van der Waals surface area contributed by atoms with E-state index in [0.717, 1.165) is 77.9 Å². The van der Waals surface area contributed by atoms with E-state index in [-0.39, 0.29) is 0 Å². The van der Waals surface area contributed by atoms with Crippen LogP contribution in [0.5, 0.6) is 0 Å². The summed E-state index contributed by atoms with van der Waals surface area (Å²) in [6, 6.07) is 70.8. The number of fused-ring (bicyclic) bond motifs is 8. The fourth-order valence-electron chi connectivity index (χ4n) is 8.81. The van der Waals surface area contributed by atoms with E-state index in [1.54, 1.807) is 0 Å². The molecular formula is C54H33N3O. The molecule has 12 aromatic rings. The van der Waals surface area contributed by atoms with Crippen LogP contribution >= 0.6 is 0 Å². The minimum atomic E-state index is 0.640. The summed E-state index contributed by atoms with van der Waals surface area (Å²) >= 11 is 0. The van der Waals surface area contributed by atoms with Gasteiger partial charge in [-0.3, -0.25) is 0 Å². The third-order valence-corrected chi connectivity index (χ3v) is 11.6. The summed E-state index contributed by atoms with van der Waals surface area (Å²) in [6.45, 7) is 0. The van der Waals surface area contributed by atoms with Crippen molar-refractivity contribution in [3.63, 3.8) is 0 Å². The van der Waals surface area contributed by atoms with Gasteiger partial charge in [-0.1, -0.05) is 152 Å². The zero-order valence-corrected chi connectivity index (χ0v) is 31.3. The molecule has 0 unspecified atom stereocenters. The van der Waals surface area contributed by atoms with Gasteiger partial charge in [0.25, 0.3) is 0 Å². The molecule has 3 heterocycles. The molecule has 3 aromatic heterocycles. The van der Waals surface area contributed by atoms with Gasteiger partial charge in [0.05, 0.1) is 28.1 Å². The van der Waals surface area contributed by atoms with Crippen molar-refractivity contribution in [1.82, 2.24) is 14.5 Å². The molecule has 0 aliphatic heterocycles. The number of rotatable bonds is 5. The monoisotopic (exact) mass is 739 g/mol. The molecule has 12 rings (SSSR count). The Morgan fingerprint density at radius 3 is 1.57 bits per heavy atom. The average Bonchev–Trinajstić information content (AvgIpc) is 3.84. The molecule has 0 saturated carbocycles. The Labute approximate surface area is 333 Å². The predicted octanol–water partition coefficient (Wildman–Crippen LogP) is 14.4. The van der Waals surface area contributed by atoms with Gasteiger partial charge >= 0.3 is 0 Å². The van der Waals surface area contributed by atoms with Crippen molar-refractivity contribution in [2.24, 2.45) is 0 Å². The highest BCUT2D eigenvalue weighted by molar-refractivity contribution is 6.16. The van der Waals surface area contributed by atoms with Crippen LogP contribution in [0, 0.1) is 0 Å². The maximum Gasteiger partial charge on any atom is 0.161 e. The summed E-state index contributed by atoms with van der Waals surface area (Å²) in [5.41, 5.74) is 11.7. The lowest BCUT2D eigenvalue weighted by Crippen LogP contribution is -1.97. The van der Waals surface area contributed by atoms with Gasteiger partial charge in [-0.05, 0) is 81.2 Å². The van der Waals surface area contributed by atoms with Gasteiger partial charge in [0.15, 0.2) is 11.4 Å². The largest absolute Gasteiger partial charge is 0.454 e. The Kier molecular flexibility index (Phi) is 7.20. The molecule has 0 fully saturated rings. The van der Waals surface area contributed by atoms with Crippen molar-refractivity contribution in [3.8, 4) is 50.7 Å². The Bertz CT molecular complexity index is 3430. The van der Waals surface area contributed by atoms with Gasteiger partial charge in [0, 0.05) is 38.2 Å². The number of aromatic nitrogens is 3. The topological polar surface area (TPSA) is 43.9 Å². The van der Waals surface area contributed by atoms with Crippen molar-refractivity contribution in [2.45, 2.75) is 0 Å². The second-order valence-corrected chi connectivity index (χ2v) is 15.0. The van der Waals surface area contributed by atoms with Crippen molar-refractivity contribution < 1.29 is 4.42 Å². The van der Waals surface area contributed by atoms with E-state index in [4.69, 9.17) is 14.4 Å². The van der Waals surface area contributed by atoms with E-state index < -0.39 is 0 Å². The highest BCUT2D eigenvalue weighted by atomic mass is 16.3. The molecule has 0 radical (unpaired) electrons. The normalized spacial score (nSPS) is 11.8. The van der Waals surface area contributed by atoms with E-state index in [1.165, 1.54) is 32.3 Å². The molecule has 0 N–H and O–H groups in total. The molecule has 0 bridgehead atoms. The van der Waals surface area contributed by atoms with Gasteiger partial charge in [-0.2, -0.15) is 0 Å². The van der Waals surface area contributed by atoms with Crippen molar-refractivity contribution >= 4 is 65.3 Å². The third kappa shape index (κ3) is 5.16. The van der Waals surface area contributed by atoms with Crippen LogP contribution in [-0.2, 0) is 0 Å². The summed E-state index contributed by atoms with van der Waals surface area (Å²) in [4.78, 5) is 10.9. The van der Waals surface area contributed by atoms with Crippen LogP contribution in [0.15, 0.2) is 205 Å². The second-order valence-electron chi connectivity index (χ2n) is 15.0. The summed E-state index contributed by atoms with van der Waals surface area (Å²) in [5, 5.41) is 9.12. The number of para-hydroxylation sites is 3. The maximum atomic E-state index is 7.08. The number of nitrogens with zero attached hydrogens (tertiary/aromatic N) is 3. The van der Waals surface area contributed by atoms with E-state index in [9.17, 15) is 0 Å². The van der Waals surface area contributed by atoms with E-state index in [2.05, 4.69) is 199 Å². The molecule has 270 valence electrons. The summed E-state index contributed by atoms with van der Waals surface area (Å²) in [5.74, 6) is 0.640. The zero-order chi connectivity index (χ0) is 38.2. The predicted molar refractivity (Wildman–Crippen MR) is 240 cm³/mol. The van der Waals surface area contributed by atoms with Gasteiger partial charge in [-0.25, -0.2) is 9.97 Å². The van der Waals surface area contributed by atoms with Crippen LogP contribution in [0.25, 0.3) is 116 Å². The van der Waals surface area contributed by atoms with Crippen molar-refractivity contribution in [3.05, 3.63) is 200 Å². The molecule has 9 aromatic carbocycles. The highest BCUT2D eigenvalue weighted by Gasteiger charge is 2.22. The van der Waals surface area contributed by atoms with E-state index in [1.807, 2.05) is 6.07 Å². The molecule has 0 aliphatic carbocycles. The molecule has 0 saturated heterocycles. The Morgan fingerprint density at radius 2 is 0.931 bits per heavy atom. The number of hydrogen-bond acceptors (Lipinski definition) is 3. The van der Waals surface area contributed by atoms with Crippen LogP contribution in [0.3, 0.4) is 0 Å². The quantitative estimate of drug-likeness (QED) is 0.177. The Balaban J connectivity index is 1.16. The zero-order valence-electron chi connectivity index (χ0n) is 31.3. The molecule has 0 aliphatic rings. The molecule has 0 atom stereocenters. The first-order valence-corrected chi connectivity index (χ1v) is 19.6. The maximum absolute atomic E-state index is 7.08. The van der Waals surface area contributed by atoms with Crippen molar-refractivity contribution in [2.75, 3.05) is 0 Å². The minimum absolute atomic E-state index is 0.640. The van der Waals surface area contributed by atoms with Gasteiger partial charge < -0.3 is 8.98 Å². The summed E-state index contributed by atoms with van der Waals surface area (Å²) in [7, 11) is 0. The lowest BCUT2D eigenvalue weighted by atomic mass is 9.97. The Hall–Kier alpha value is -7.82. The Morgan fingerprint density at radius 1 is 0.379 bits per heavy atom.